The number of nitrogens with zero attached hydrogens (tertiary/aromatic N) is 1. The molecule has 0 saturated carbocycles. The van der Waals surface area contributed by atoms with Crippen LogP contribution in [0.1, 0.15) is 25.3 Å². The van der Waals surface area contributed by atoms with E-state index in [2.05, 4.69) is 19.1 Å². The van der Waals surface area contributed by atoms with Crippen molar-refractivity contribution in [1.29, 1.82) is 0 Å². The lowest BCUT2D eigenvalue weighted by atomic mass is 10.0. The van der Waals surface area contributed by atoms with Crippen molar-refractivity contribution in [2.45, 2.75) is 26.2 Å². The number of fused-ring (bicyclic) bond motifs is 1. The van der Waals surface area contributed by atoms with Gasteiger partial charge < -0.3 is 4.57 Å². The molecule has 0 radical (unpaired) electrons. The average molecular weight is 215 g/mol. The van der Waals surface area contributed by atoms with Crippen molar-refractivity contribution in [2.75, 3.05) is 0 Å². The van der Waals surface area contributed by atoms with Crippen LogP contribution in [-0.2, 0) is 13.5 Å². The van der Waals surface area contributed by atoms with E-state index in [9.17, 15) is 4.79 Å². The number of pyridine rings is 1. The van der Waals surface area contributed by atoms with Crippen LogP contribution in [0.3, 0.4) is 0 Å². The lowest BCUT2D eigenvalue weighted by Crippen LogP contribution is -2.15. The molecule has 2 nitrogen and oxygen atoms in total. The Morgan fingerprint density at radius 3 is 2.81 bits per heavy atom. The lowest BCUT2D eigenvalue weighted by Gasteiger charge is -2.04. The van der Waals surface area contributed by atoms with Gasteiger partial charge >= 0.3 is 0 Å². The van der Waals surface area contributed by atoms with Crippen LogP contribution < -0.4 is 5.56 Å². The van der Waals surface area contributed by atoms with E-state index in [0.717, 1.165) is 17.2 Å². The third-order valence-electron chi connectivity index (χ3n) is 2.96. The topological polar surface area (TPSA) is 22.0 Å². The van der Waals surface area contributed by atoms with Crippen LogP contribution >= 0.6 is 0 Å². The molecular weight excluding hydrogens is 198 g/mol. The SMILES string of the molecule is CCCCc1ccc2c(=O)n(C)ccc2c1. The molecule has 0 unspecified atom stereocenters. The van der Waals surface area contributed by atoms with Gasteiger partial charge in [0.25, 0.3) is 5.56 Å². The highest BCUT2D eigenvalue weighted by molar-refractivity contribution is 5.82. The van der Waals surface area contributed by atoms with Gasteiger partial charge in [0.15, 0.2) is 0 Å². The summed E-state index contributed by atoms with van der Waals surface area (Å²) in [6.07, 6.45) is 5.33. The lowest BCUT2D eigenvalue weighted by molar-refractivity contribution is 0.795. The van der Waals surface area contributed by atoms with Crippen molar-refractivity contribution in [3.63, 3.8) is 0 Å². The second-order valence-corrected chi connectivity index (χ2v) is 4.26. The Kier molecular flexibility index (Phi) is 3.09. The number of aryl methyl sites for hydroxylation is 2. The first-order valence-electron chi connectivity index (χ1n) is 5.80. The van der Waals surface area contributed by atoms with E-state index in [1.807, 2.05) is 18.3 Å². The van der Waals surface area contributed by atoms with Gasteiger partial charge in [-0.2, -0.15) is 0 Å². The number of rotatable bonds is 3. The third kappa shape index (κ3) is 2.01. The average Bonchev–Trinajstić information content (AvgIpc) is 2.31. The van der Waals surface area contributed by atoms with Gasteiger partial charge in [-0.15, -0.1) is 0 Å². The Balaban J connectivity index is 2.48. The van der Waals surface area contributed by atoms with E-state index in [4.69, 9.17) is 0 Å². The van der Waals surface area contributed by atoms with Gasteiger partial charge in [0.05, 0.1) is 0 Å². The molecule has 16 heavy (non-hydrogen) atoms. The van der Waals surface area contributed by atoms with Crippen molar-refractivity contribution in [3.05, 3.63) is 46.4 Å². The highest BCUT2D eigenvalue weighted by Crippen LogP contribution is 2.14. The molecule has 0 bridgehead atoms. The molecule has 2 aromatic rings. The Morgan fingerprint density at radius 2 is 2.06 bits per heavy atom. The second kappa shape index (κ2) is 4.52. The van der Waals surface area contributed by atoms with Crippen molar-refractivity contribution in [1.82, 2.24) is 4.57 Å². The first-order chi connectivity index (χ1) is 7.72. The van der Waals surface area contributed by atoms with Crippen LogP contribution in [0.4, 0.5) is 0 Å². The summed E-state index contributed by atoms with van der Waals surface area (Å²) in [5.41, 5.74) is 1.40. The van der Waals surface area contributed by atoms with Crippen molar-refractivity contribution >= 4 is 10.8 Å². The molecule has 1 aromatic carbocycles. The number of unbranched alkanes of at least 4 members (excludes halogenated alkanes) is 1. The maximum atomic E-state index is 11.8. The molecule has 0 aliphatic heterocycles. The molecule has 2 heteroatoms. The van der Waals surface area contributed by atoms with Crippen LogP contribution in [0.15, 0.2) is 35.3 Å². The predicted molar refractivity (Wildman–Crippen MR) is 67.8 cm³/mol. The molecule has 1 aromatic heterocycles. The van der Waals surface area contributed by atoms with Gasteiger partial charge in [-0.1, -0.05) is 25.5 Å². The molecule has 1 heterocycles. The van der Waals surface area contributed by atoms with Gasteiger partial charge in [0, 0.05) is 18.6 Å². The highest BCUT2D eigenvalue weighted by atomic mass is 16.1. The zero-order valence-electron chi connectivity index (χ0n) is 9.86. The van der Waals surface area contributed by atoms with Gasteiger partial charge in [0.1, 0.15) is 0 Å². The largest absolute Gasteiger partial charge is 0.318 e. The molecule has 0 amide bonds. The number of benzene rings is 1. The summed E-state index contributed by atoms with van der Waals surface area (Å²) in [4.78, 5) is 11.8. The molecule has 0 atom stereocenters. The van der Waals surface area contributed by atoms with Crippen LogP contribution in [0, 0.1) is 0 Å². The Hall–Kier alpha value is -1.57. The number of hydrogen-bond acceptors (Lipinski definition) is 1. The summed E-state index contributed by atoms with van der Waals surface area (Å²) in [5.74, 6) is 0. The van der Waals surface area contributed by atoms with E-state index in [-0.39, 0.29) is 5.56 Å². The Bertz CT molecular complexity index is 554. The first-order valence-corrected chi connectivity index (χ1v) is 5.80. The molecule has 0 spiro atoms. The molecule has 0 aliphatic carbocycles. The first kappa shape index (κ1) is 10.9. The van der Waals surface area contributed by atoms with E-state index in [1.54, 1.807) is 11.6 Å². The summed E-state index contributed by atoms with van der Waals surface area (Å²) in [5, 5.41) is 1.86. The Morgan fingerprint density at radius 1 is 1.25 bits per heavy atom. The molecule has 2 rings (SSSR count). The zero-order valence-corrected chi connectivity index (χ0v) is 9.86. The second-order valence-electron chi connectivity index (χ2n) is 4.26. The molecule has 0 N–H and O–H groups in total. The number of hydrogen-bond donors (Lipinski definition) is 0. The van der Waals surface area contributed by atoms with Gasteiger partial charge in [-0.05, 0) is 35.9 Å². The highest BCUT2D eigenvalue weighted by Gasteiger charge is 2.01. The van der Waals surface area contributed by atoms with Crippen molar-refractivity contribution in [2.24, 2.45) is 7.05 Å². The fourth-order valence-electron chi connectivity index (χ4n) is 1.93. The minimum Gasteiger partial charge on any atom is -0.318 e. The minimum atomic E-state index is 0.0829. The minimum absolute atomic E-state index is 0.0829. The van der Waals surface area contributed by atoms with Gasteiger partial charge in [-0.25, -0.2) is 0 Å². The fraction of sp³-hybridized carbons (Fsp3) is 0.357. The summed E-state index contributed by atoms with van der Waals surface area (Å²) < 4.78 is 1.62. The van der Waals surface area contributed by atoms with Crippen LogP contribution in [0.5, 0.6) is 0 Å². The molecule has 0 aliphatic rings. The summed E-state index contributed by atoms with van der Waals surface area (Å²) >= 11 is 0. The normalized spacial score (nSPS) is 10.9. The number of aromatic nitrogens is 1. The van der Waals surface area contributed by atoms with Gasteiger partial charge in [0.2, 0.25) is 0 Å². The van der Waals surface area contributed by atoms with E-state index >= 15 is 0 Å². The monoisotopic (exact) mass is 215 g/mol. The van der Waals surface area contributed by atoms with E-state index in [1.165, 1.54) is 18.4 Å². The quantitative estimate of drug-likeness (QED) is 0.771. The summed E-state index contributed by atoms with van der Waals surface area (Å²) in [6.45, 7) is 2.19. The summed E-state index contributed by atoms with van der Waals surface area (Å²) in [7, 11) is 1.78. The fourth-order valence-corrected chi connectivity index (χ4v) is 1.93. The standard InChI is InChI=1S/C14H17NO/c1-3-4-5-11-6-7-13-12(10-11)8-9-15(2)14(13)16/h6-10H,3-5H2,1-2H3. The molecular formula is C14H17NO. The van der Waals surface area contributed by atoms with Crippen molar-refractivity contribution in [3.8, 4) is 0 Å². The summed E-state index contributed by atoms with van der Waals surface area (Å²) in [6, 6.07) is 8.15. The molecule has 0 fully saturated rings. The zero-order chi connectivity index (χ0) is 11.5. The van der Waals surface area contributed by atoms with E-state index in [0.29, 0.717) is 0 Å². The maximum absolute atomic E-state index is 11.8. The van der Waals surface area contributed by atoms with Gasteiger partial charge in [-0.3, -0.25) is 4.79 Å². The van der Waals surface area contributed by atoms with Crippen molar-refractivity contribution < 1.29 is 0 Å². The predicted octanol–water partition coefficient (Wildman–Crippen LogP) is 2.88. The molecule has 84 valence electrons. The van der Waals surface area contributed by atoms with Crippen LogP contribution in [0.25, 0.3) is 10.8 Å². The van der Waals surface area contributed by atoms with E-state index < -0.39 is 0 Å². The smallest absolute Gasteiger partial charge is 0.258 e. The Labute approximate surface area is 95.5 Å². The maximum Gasteiger partial charge on any atom is 0.258 e. The third-order valence-corrected chi connectivity index (χ3v) is 2.96. The van der Waals surface area contributed by atoms with Crippen LogP contribution in [0.2, 0.25) is 0 Å². The molecule has 0 saturated heterocycles. The van der Waals surface area contributed by atoms with Crippen LogP contribution in [-0.4, -0.2) is 4.57 Å².